The lowest BCUT2D eigenvalue weighted by Gasteiger charge is -2.13. The molecule has 0 aromatic heterocycles. The molecule has 0 atom stereocenters. The lowest BCUT2D eigenvalue weighted by atomic mass is 10.1. The van der Waals surface area contributed by atoms with Gasteiger partial charge in [-0.2, -0.15) is 0 Å². The Balaban J connectivity index is 1.99. The molecule has 0 radical (unpaired) electrons. The van der Waals surface area contributed by atoms with E-state index < -0.39 is 0 Å². The number of benzene rings is 1. The predicted octanol–water partition coefficient (Wildman–Crippen LogP) is 1.10. The summed E-state index contributed by atoms with van der Waals surface area (Å²) >= 11 is 0. The van der Waals surface area contributed by atoms with Crippen LogP contribution in [0.25, 0.3) is 0 Å². The molecule has 1 aromatic carbocycles. The zero-order valence-electron chi connectivity index (χ0n) is 8.35. The van der Waals surface area contributed by atoms with Gasteiger partial charge in [0.25, 0.3) is 5.91 Å². The topological polar surface area (TPSA) is 49.8 Å². The fourth-order valence-electron chi connectivity index (χ4n) is 1.57. The molecule has 1 aliphatic rings. The van der Waals surface area contributed by atoms with Gasteiger partial charge in [-0.05, 0) is 24.1 Å². The average molecular weight is 207 g/mol. The predicted molar refractivity (Wildman–Crippen MR) is 54.1 cm³/mol. The van der Waals surface area contributed by atoms with E-state index in [1.54, 1.807) is 18.2 Å². The molecule has 1 fully saturated rings. The van der Waals surface area contributed by atoms with Crippen molar-refractivity contribution in [3.8, 4) is 5.75 Å². The number of phenols is 1. The number of nitrogens with zero attached hydrogens (tertiary/aromatic N) is 1. The fourth-order valence-corrected chi connectivity index (χ4v) is 1.57. The Morgan fingerprint density at radius 3 is 3.07 bits per heavy atom. The van der Waals surface area contributed by atoms with Crippen LogP contribution in [0, 0.1) is 0 Å². The maximum atomic E-state index is 11.6. The summed E-state index contributed by atoms with van der Waals surface area (Å²) in [5.74, 6) is 0.126. The number of amides is 1. The van der Waals surface area contributed by atoms with Gasteiger partial charge in [0.1, 0.15) is 5.75 Å². The minimum absolute atomic E-state index is 0.0573. The maximum absolute atomic E-state index is 11.6. The van der Waals surface area contributed by atoms with Gasteiger partial charge in [0, 0.05) is 0 Å². The summed E-state index contributed by atoms with van der Waals surface area (Å²) in [5.41, 5.74) is 0.801. The molecule has 0 aliphatic carbocycles. The SMILES string of the molecule is O=C(Cc1cccc(O)c1)N1CCCO1. The van der Waals surface area contributed by atoms with Crippen LogP contribution in [0.4, 0.5) is 0 Å². The van der Waals surface area contributed by atoms with Gasteiger partial charge >= 0.3 is 0 Å². The summed E-state index contributed by atoms with van der Waals surface area (Å²) in [6, 6.07) is 6.71. The second-order valence-electron chi connectivity index (χ2n) is 3.53. The van der Waals surface area contributed by atoms with Crippen LogP contribution in [0.5, 0.6) is 5.75 Å². The molecule has 1 amide bonds. The Bertz CT molecular complexity index is 359. The Morgan fingerprint density at radius 1 is 1.53 bits per heavy atom. The lowest BCUT2D eigenvalue weighted by molar-refractivity contribution is -0.167. The Labute approximate surface area is 88.0 Å². The van der Waals surface area contributed by atoms with Crippen molar-refractivity contribution in [2.45, 2.75) is 12.8 Å². The van der Waals surface area contributed by atoms with E-state index in [0.717, 1.165) is 12.0 Å². The minimum atomic E-state index is -0.0573. The largest absolute Gasteiger partial charge is 0.508 e. The molecule has 1 saturated heterocycles. The molecule has 0 saturated carbocycles. The number of hydrogen-bond acceptors (Lipinski definition) is 3. The molecule has 4 heteroatoms. The van der Waals surface area contributed by atoms with E-state index >= 15 is 0 Å². The van der Waals surface area contributed by atoms with Crippen LogP contribution in [0.15, 0.2) is 24.3 Å². The van der Waals surface area contributed by atoms with Gasteiger partial charge in [-0.3, -0.25) is 9.63 Å². The Hall–Kier alpha value is -1.55. The molecule has 1 aromatic rings. The standard InChI is InChI=1S/C11H13NO3/c13-10-4-1-3-9(7-10)8-11(14)12-5-2-6-15-12/h1,3-4,7,13H,2,5-6,8H2. The van der Waals surface area contributed by atoms with Crippen molar-refractivity contribution in [2.24, 2.45) is 0 Å². The monoisotopic (exact) mass is 207 g/mol. The normalized spacial score (nSPS) is 15.6. The van der Waals surface area contributed by atoms with E-state index in [-0.39, 0.29) is 18.1 Å². The van der Waals surface area contributed by atoms with Gasteiger partial charge in [-0.15, -0.1) is 0 Å². The van der Waals surface area contributed by atoms with Gasteiger partial charge in [0.05, 0.1) is 19.6 Å². The number of rotatable bonds is 2. The van der Waals surface area contributed by atoms with E-state index in [4.69, 9.17) is 4.84 Å². The van der Waals surface area contributed by atoms with Crippen LogP contribution in [0.3, 0.4) is 0 Å². The molecular weight excluding hydrogens is 194 g/mol. The van der Waals surface area contributed by atoms with E-state index in [2.05, 4.69) is 0 Å². The first-order chi connectivity index (χ1) is 7.25. The zero-order chi connectivity index (χ0) is 10.7. The van der Waals surface area contributed by atoms with Gasteiger partial charge in [0.15, 0.2) is 0 Å². The summed E-state index contributed by atoms with van der Waals surface area (Å²) in [5, 5.41) is 10.6. The summed E-state index contributed by atoms with van der Waals surface area (Å²) in [4.78, 5) is 16.8. The van der Waals surface area contributed by atoms with Gasteiger partial charge < -0.3 is 5.11 Å². The fraction of sp³-hybridized carbons (Fsp3) is 0.364. The summed E-state index contributed by atoms with van der Waals surface area (Å²) < 4.78 is 0. The summed E-state index contributed by atoms with van der Waals surface area (Å²) in [6.45, 7) is 1.28. The van der Waals surface area contributed by atoms with Gasteiger partial charge in [-0.25, -0.2) is 5.06 Å². The van der Waals surface area contributed by atoms with E-state index in [1.165, 1.54) is 5.06 Å². The van der Waals surface area contributed by atoms with E-state index in [9.17, 15) is 9.90 Å². The lowest BCUT2D eigenvalue weighted by Crippen LogP contribution is -2.27. The third kappa shape index (κ3) is 2.47. The quantitative estimate of drug-likeness (QED) is 0.790. The highest BCUT2D eigenvalue weighted by atomic mass is 16.7. The minimum Gasteiger partial charge on any atom is -0.508 e. The zero-order valence-corrected chi connectivity index (χ0v) is 8.35. The van der Waals surface area contributed by atoms with Crippen molar-refractivity contribution in [1.82, 2.24) is 5.06 Å². The van der Waals surface area contributed by atoms with Crippen molar-refractivity contribution >= 4 is 5.91 Å². The van der Waals surface area contributed by atoms with Crippen molar-refractivity contribution in [3.63, 3.8) is 0 Å². The third-order valence-corrected chi connectivity index (χ3v) is 2.30. The van der Waals surface area contributed by atoms with E-state index in [0.29, 0.717) is 13.2 Å². The molecule has 15 heavy (non-hydrogen) atoms. The van der Waals surface area contributed by atoms with Crippen LogP contribution in [0.1, 0.15) is 12.0 Å². The highest BCUT2D eigenvalue weighted by Gasteiger charge is 2.19. The van der Waals surface area contributed by atoms with Gasteiger partial charge in [-0.1, -0.05) is 12.1 Å². The second-order valence-corrected chi connectivity index (χ2v) is 3.53. The number of carbonyl (C=O) groups excluding carboxylic acids is 1. The van der Waals surface area contributed by atoms with Crippen molar-refractivity contribution in [2.75, 3.05) is 13.2 Å². The Morgan fingerprint density at radius 2 is 2.40 bits per heavy atom. The maximum Gasteiger partial charge on any atom is 0.250 e. The number of aromatic hydroxyl groups is 1. The van der Waals surface area contributed by atoms with Crippen LogP contribution < -0.4 is 0 Å². The highest BCUT2D eigenvalue weighted by molar-refractivity contribution is 5.78. The Kier molecular flexibility index (Phi) is 2.87. The number of hydroxylamine groups is 2. The molecule has 0 bridgehead atoms. The molecule has 80 valence electrons. The van der Waals surface area contributed by atoms with Crippen molar-refractivity contribution < 1.29 is 14.7 Å². The van der Waals surface area contributed by atoms with Crippen LogP contribution in [-0.2, 0) is 16.1 Å². The number of phenolic OH excluding ortho intramolecular Hbond substituents is 1. The summed E-state index contributed by atoms with van der Waals surface area (Å²) in [6.07, 6.45) is 1.17. The van der Waals surface area contributed by atoms with Gasteiger partial charge in [0.2, 0.25) is 0 Å². The second kappa shape index (κ2) is 4.31. The van der Waals surface area contributed by atoms with Crippen LogP contribution >= 0.6 is 0 Å². The van der Waals surface area contributed by atoms with Crippen LogP contribution in [-0.4, -0.2) is 29.2 Å². The molecule has 2 rings (SSSR count). The first-order valence-corrected chi connectivity index (χ1v) is 4.97. The first kappa shape index (κ1) is 9.98. The number of carbonyl (C=O) groups is 1. The van der Waals surface area contributed by atoms with Crippen LogP contribution in [0.2, 0.25) is 0 Å². The molecule has 1 N–H and O–H groups in total. The molecular formula is C11H13NO3. The summed E-state index contributed by atoms with van der Waals surface area (Å²) in [7, 11) is 0. The highest BCUT2D eigenvalue weighted by Crippen LogP contribution is 2.13. The molecule has 1 aliphatic heterocycles. The van der Waals surface area contributed by atoms with Crippen molar-refractivity contribution in [3.05, 3.63) is 29.8 Å². The third-order valence-electron chi connectivity index (χ3n) is 2.30. The van der Waals surface area contributed by atoms with Crippen molar-refractivity contribution in [1.29, 1.82) is 0 Å². The molecule has 4 nitrogen and oxygen atoms in total. The molecule has 1 heterocycles. The van der Waals surface area contributed by atoms with E-state index in [1.807, 2.05) is 6.07 Å². The molecule has 0 unspecified atom stereocenters. The first-order valence-electron chi connectivity index (χ1n) is 4.97. The molecule has 0 spiro atoms. The average Bonchev–Trinajstić information content (AvgIpc) is 2.70. The smallest absolute Gasteiger partial charge is 0.250 e. The number of hydrogen-bond donors (Lipinski definition) is 1.